The number of ether oxygens (including phenoxy) is 2. The summed E-state index contributed by atoms with van der Waals surface area (Å²) < 4.78 is 12.4. The average Bonchev–Trinajstić information content (AvgIpc) is 3.21. The molecule has 7 heteroatoms. The lowest BCUT2D eigenvalue weighted by molar-refractivity contribution is -0.123. The first kappa shape index (κ1) is 17.5. The van der Waals surface area contributed by atoms with Gasteiger partial charge in [-0.05, 0) is 36.8 Å². The molecule has 1 atom stereocenters. The summed E-state index contributed by atoms with van der Waals surface area (Å²) in [5, 5.41) is 7.00. The van der Waals surface area contributed by atoms with Crippen molar-refractivity contribution < 1.29 is 14.3 Å². The van der Waals surface area contributed by atoms with Gasteiger partial charge in [0.25, 0.3) is 5.91 Å². The Morgan fingerprint density at radius 3 is 2.54 bits per heavy atom. The number of nitrogens with one attached hydrogen (secondary N) is 1. The second-order valence-corrected chi connectivity index (χ2v) is 5.66. The highest BCUT2D eigenvalue weighted by Gasteiger charge is 2.12. The third kappa shape index (κ3) is 4.18. The van der Waals surface area contributed by atoms with Crippen LogP contribution in [0.5, 0.6) is 11.5 Å². The van der Waals surface area contributed by atoms with Crippen LogP contribution in [0.4, 0.5) is 0 Å². The number of benzene rings is 2. The van der Waals surface area contributed by atoms with E-state index in [0.717, 1.165) is 11.3 Å². The van der Waals surface area contributed by atoms with Gasteiger partial charge in [0.05, 0.1) is 18.8 Å². The highest BCUT2D eigenvalue weighted by atomic mass is 16.5. The van der Waals surface area contributed by atoms with E-state index in [4.69, 9.17) is 9.47 Å². The quantitative estimate of drug-likeness (QED) is 0.707. The summed E-state index contributed by atoms with van der Waals surface area (Å²) >= 11 is 0. The Kier molecular flexibility index (Phi) is 5.48. The molecule has 3 aromatic rings. The van der Waals surface area contributed by atoms with Crippen molar-refractivity contribution in [2.24, 2.45) is 0 Å². The fourth-order valence-electron chi connectivity index (χ4n) is 2.51. The van der Waals surface area contributed by atoms with Gasteiger partial charge in [-0.25, -0.2) is 9.67 Å². The van der Waals surface area contributed by atoms with Crippen LogP contribution in [0.15, 0.2) is 61.2 Å². The smallest absolute Gasteiger partial charge is 0.258 e. The van der Waals surface area contributed by atoms with Crippen molar-refractivity contribution in [2.45, 2.75) is 13.0 Å². The molecule has 134 valence electrons. The minimum absolute atomic E-state index is 0.0816. The standard InChI is InChI=1S/C19H20N4O3/c1-14(15-7-9-16(10-8-15)23-13-20-12-21-23)22-19(24)11-26-18-6-4-3-5-17(18)25-2/h3-10,12-14H,11H2,1-2H3,(H,22,24). The van der Waals surface area contributed by atoms with Crippen molar-refractivity contribution in [1.29, 1.82) is 0 Å². The van der Waals surface area contributed by atoms with Crippen molar-refractivity contribution in [3.8, 4) is 17.2 Å². The van der Waals surface area contributed by atoms with Gasteiger partial charge in [-0.2, -0.15) is 5.10 Å². The molecule has 1 aromatic heterocycles. The predicted octanol–water partition coefficient (Wildman–Crippen LogP) is 2.53. The van der Waals surface area contributed by atoms with E-state index in [9.17, 15) is 4.79 Å². The first-order valence-electron chi connectivity index (χ1n) is 8.17. The summed E-state index contributed by atoms with van der Waals surface area (Å²) in [5.74, 6) is 0.927. The fourth-order valence-corrected chi connectivity index (χ4v) is 2.51. The number of nitrogens with zero attached hydrogens (tertiary/aromatic N) is 3. The van der Waals surface area contributed by atoms with Crippen LogP contribution in [0.3, 0.4) is 0 Å². The van der Waals surface area contributed by atoms with Gasteiger partial charge in [0, 0.05) is 0 Å². The number of carbonyl (C=O) groups excluding carboxylic acids is 1. The van der Waals surface area contributed by atoms with E-state index >= 15 is 0 Å². The Morgan fingerprint density at radius 1 is 1.15 bits per heavy atom. The molecule has 0 aliphatic rings. The lowest BCUT2D eigenvalue weighted by Crippen LogP contribution is -2.31. The van der Waals surface area contributed by atoms with Crippen LogP contribution in [-0.2, 0) is 4.79 Å². The van der Waals surface area contributed by atoms with Crippen molar-refractivity contribution in [3.05, 3.63) is 66.7 Å². The normalized spacial score (nSPS) is 11.6. The molecular weight excluding hydrogens is 332 g/mol. The summed E-state index contributed by atoms with van der Waals surface area (Å²) in [4.78, 5) is 16.1. The van der Waals surface area contributed by atoms with Crippen LogP contribution >= 0.6 is 0 Å². The average molecular weight is 352 g/mol. The molecule has 0 aliphatic carbocycles. The second-order valence-electron chi connectivity index (χ2n) is 5.66. The Balaban J connectivity index is 1.55. The highest BCUT2D eigenvalue weighted by molar-refractivity contribution is 5.78. The fraction of sp³-hybridized carbons (Fsp3) is 0.211. The van der Waals surface area contributed by atoms with Crippen molar-refractivity contribution in [3.63, 3.8) is 0 Å². The molecule has 1 unspecified atom stereocenters. The maximum atomic E-state index is 12.2. The van der Waals surface area contributed by atoms with Crippen molar-refractivity contribution >= 4 is 5.91 Å². The highest BCUT2D eigenvalue weighted by Crippen LogP contribution is 2.25. The molecule has 0 radical (unpaired) electrons. The maximum absolute atomic E-state index is 12.2. The summed E-state index contributed by atoms with van der Waals surface area (Å²) in [6.07, 6.45) is 3.12. The maximum Gasteiger partial charge on any atom is 0.258 e. The van der Waals surface area contributed by atoms with Gasteiger partial charge in [-0.15, -0.1) is 0 Å². The molecule has 1 heterocycles. The van der Waals surface area contributed by atoms with E-state index < -0.39 is 0 Å². The van der Waals surface area contributed by atoms with E-state index in [1.54, 1.807) is 30.3 Å². The van der Waals surface area contributed by atoms with Gasteiger partial charge in [0.2, 0.25) is 0 Å². The molecule has 0 bridgehead atoms. The summed E-state index contributed by atoms with van der Waals surface area (Å²) in [6.45, 7) is 1.84. The number of para-hydroxylation sites is 2. The largest absolute Gasteiger partial charge is 0.493 e. The first-order chi connectivity index (χ1) is 12.7. The Bertz CT molecular complexity index is 847. The zero-order valence-corrected chi connectivity index (χ0v) is 14.6. The van der Waals surface area contributed by atoms with Crippen LogP contribution in [-0.4, -0.2) is 34.4 Å². The van der Waals surface area contributed by atoms with Crippen LogP contribution in [0.25, 0.3) is 5.69 Å². The third-order valence-corrected chi connectivity index (χ3v) is 3.88. The van der Waals surface area contributed by atoms with Crippen LogP contribution in [0.2, 0.25) is 0 Å². The first-order valence-corrected chi connectivity index (χ1v) is 8.17. The van der Waals surface area contributed by atoms with Gasteiger partial charge < -0.3 is 14.8 Å². The molecule has 0 saturated carbocycles. The number of hydrogen-bond donors (Lipinski definition) is 1. The molecule has 7 nitrogen and oxygen atoms in total. The number of hydrogen-bond acceptors (Lipinski definition) is 5. The molecule has 2 aromatic carbocycles. The predicted molar refractivity (Wildman–Crippen MR) is 96.4 cm³/mol. The summed E-state index contributed by atoms with van der Waals surface area (Å²) in [7, 11) is 1.56. The van der Waals surface area contributed by atoms with Gasteiger partial charge in [0.15, 0.2) is 18.1 Å². The van der Waals surface area contributed by atoms with Crippen molar-refractivity contribution in [1.82, 2.24) is 20.1 Å². The lowest BCUT2D eigenvalue weighted by atomic mass is 10.1. The van der Waals surface area contributed by atoms with Gasteiger partial charge in [-0.3, -0.25) is 4.79 Å². The zero-order valence-electron chi connectivity index (χ0n) is 14.6. The van der Waals surface area contributed by atoms with E-state index in [2.05, 4.69) is 15.4 Å². The van der Waals surface area contributed by atoms with Crippen molar-refractivity contribution in [2.75, 3.05) is 13.7 Å². The van der Waals surface area contributed by atoms with Gasteiger partial charge in [0.1, 0.15) is 12.7 Å². The minimum atomic E-state index is -0.205. The second kappa shape index (κ2) is 8.15. The summed E-state index contributed by atoms with van der Waals surface area (Å²) in [5.41, 5.74) is 1.89. The molecular formula is C19H20N4O3. The van der Waals surface area contributed by atoms with E-state index in [1.165, 1.54) is 6.33 Å². The van der Waals surface area contributed by atoms with E-state index in [-0.39, 0.29) is 18.6 Å². The number of rotatable bonds is 7. The zero-order chi connectivity index (χ0) is 18.4. The van der Waals surface area contributed by atoms with Crippen LogP contribution in [0, 0.1) is 0 Å². The lowest BCUT2D eigenvalue weighted by Gasteiger charge is -2.16. The van der Waals surface area contributed by atoms with E-state index in [1.807, 2.05) is 43.3 Å². The molecule has 0 fully saturated rings. The van der Waals surface area contributed by atoms with Gasteiger partial charge >= 0.3 is 0 Å². The monoisotopic (exact) mass is 352 g/mol. The molecule has 0 spiro atoms. The number of methoxy groups -OCH3 is 1. The van der Waals surface area contributed by atoms with Gasteiger partial charge in [-0.1, -0.05) is 24.3 Å². The topological polar surface area (TPSA) is 78.3 Å². The SMILES string of the molecule is COc1ccccc1OCC(=O)NC(C)c1ccc(-n2cncn2)cc1. The molecule has 0 saturated heterocycles. The van der Waals surface area contributed by atoms with Crippen LogP contribution in [0.1, 0.15) is 18.5 Å². The number of amides is 1. The Morgan fingerprint density at radius 2 is 1.88 bits per heavy atom. The molecule has 3 rings (SSSR count). The minimum Gasteiger partial charge on any atom is -0.493 e. The molecule has 26 heavy (non-hydrogen) atoms. The Hall–Kier alpha value is -3.35. The number of aromatic nitrogens is 3. The number of carbonyl (C=O) groups is 1. The Labute approximate surface area is 151 Å². The molecule has 1 amide bonds. The van der Waals surface area contributed by atoms with E-state index in [0.29, 0.717) is 11.5 Å². The molecule has 0 aliphatic heterocycles. The summed E-state index contributed by atoms with van der Waals surface area (Å²) in [6, 6.07) is 14.8. The molecule has 1 N–H and O–H groups in total. The van der Waals surface area contributed by atoms with Crippen LogP contribution < -0.4 is 14.8 Å². The third-order valence-electron chi connectivity index (χ3n) is 3.88.